The summed E-state index contributed by atoms with van der Waals surface area (Å²) in [6.07, 6.45) is 6.25. The summed E-state index contributed by atoms with van der Waals surface area (Å²) in [5, 5.41) is 0. The molecule has 102 valence electrons. The van der Waals surface area contributed by atoms with Gasteiger partial charge in [0.05, 0.1) is 12.8 Å². The van der Waals surface area contributed by atoms with Crippen molar-refractivity contribution in [2.24, 2.45) is 0 Å². The predicted molar refractivity (Wildman–Crippen MR) is 63.0 cm³/mol. The van der Waals surface area contributed by atoms with E-state index >= 15 is 0 Å². The van der Waals surface area contributed by atoms with E-state index in [9.17, 15) is 9.59 Å². The van der Waals surface area contributed by atoms with Gasteiger partial charge in [-0.25, -0.2) is 19.4 Å². The molecule has 0 amide bonds. The molecule has 17 heavy (non-hydrogen) atoms. The third-order valence-corrected chi connectivity index (χ3v) is 2.20. The molecule has 0 aromatic carbocycles. The van der Waals surface area contributed by atoms with Crippen molar-refractivity contribution in [3.8, 4) is 0 Å². The van der Waals surface area contributed by atoms with Gasteiger partial charge in [-0.3, -0.25) is 4.70 Å². The number of carbonyl (C=O) groups is 2. The van der Waals surface area contributed by atoms with Gasteiger partial charge in [-0.15, -0.1) is 0 Å². The number of rotatable bonds is 8. The van der Waals surface area contributed by atoms with Crippen LogP contribution in [-0.4, -0.2) is 11.9 Å². The maximum absolute atomic E-state index is 11.1. The van der Waals surface area contributed by atoms with E-state index in [0.717, 1.165) is 38.5 Å². The molecule has 0 aromatic heterocycles. The Kier molecular flexibility index (Phi) is 13.9. The Labute approximate surface area is 102 Å². The first-order valence-corrected chi connectivity index (χ1v) is 6.10. The summed E-state index contributed by atoms with van der Waals surface area (Å²) >= 11 is 0. The van der Waals surface area contributed by atoms with Crippen LogP contribution in [0.3, 0.4) is 0 Å². The molecular formula is C12H23FO4. The fraction of sp³-hybridized carbons (Fsp3) is 0.833. The molecule has 0 rings (SSSR count). The van der Waals surface area contributed by atoms with Crippen LogP contribution in [0.4, 0.5) is 4.70 Å². The van der Waals surface area contributed by atoms with Crippen molar-refractivity contribution in [1.82, 2.24) is 0 Å². The Morgan fingerprint density at radius 3 is 1.41 bits per heavy atom. The lowest BCUT2D eigenvalue weighted by molar-refractivity contribution is -0.259. The van der Waals surface area contributed by atoms with Crippen molar-refractivity contribution in [3.05, 3.63) is 0 Å². The zero-order valence-electron chi connectivity index (χ0n) is 10.7. The molecule has 0 spiro atoms. The van der Waals surface area contributed by atoms with Gasteiger partial charge in [0.25, 0.3) is 0 Å². The topological polar surface area (TPSA) is 52.6 Å². The summed E-state index contributed by atoms with van der Waals surface area (Å²) in [4.78, 5) is 30.9. The number of hydrogen-bond acceptors (Lipinski definition) is 4. The standard InChI is InChI=1S/C12H22O4.FH/c1-3-5-7-9-11(13)15-16-12(14)10-8-6-4-2;/h3-10H2,1-2H3;1H. The molecule has 0 aromatic rings. The van der Waals surface area contributed by atoms with Crippen LogP contribution in [0.5, 0.6) is 0 Å². The summed E-state index contributed by atoms with van der Waals surface area (Å²) in [6, 6.07) is 0. The van der Waals surface area contributed by atoms with E-state index in [1.807, 2.05) is 0 Å². The van der Waals surface area contributed by atoms with Crippen LogP contribution in [-0.2, 0) is 19.4 Å². The van der Waals surface area contributed by atoms with E-state index in [0.29, 0.717) is 12.8 Å². The maximum Gasteiger partial charge on any atom is 0.355 e. The molecule has 0 saturated heterocycles. The zero-order valence-corrected chi connectivity index (χ0v) is 10.7. The van der Waals surface area contributed by atoms with Crippen molar-refractivity contribution in [2.45, 2.75) is 65.2 Å². The fourth-order valence-corrected chi connectivity index (χ4v) is 1.21. The Balaban J connectivity index is 0. The van der Waals surface area contributed by atoms with Gasteiger partial charge in [0.15, 0.2) is 0 Å². The molecule has 5 heteroatoms. The lowest BCUT2D eigenvalue weighted by Gasteiger charge is -2.02. The van der Waals surface area contributed by atoms with Gasteiger partial charge < -0.3 is 0 Å². The van der Waals surface area contributed by atoms with E-state index in [1.165, 1.54) is 0 Å². The molecule has 0 heterocycles. The van der Waals surface area contributed by atoms with Crippen LogP contribution in [0.2, 0.25) is 0 Å². The van der Waals surface area contributed by atoms with Crippen molar-refractivity contribution < 1.29 is 24.1 Å². The van der Waals surface area contributed by atoms with Gasteiger partial charge in [0, 0.05) is 0 Å². The van der Waals surface area contributed by atoms with E-state index in [-0.39, 0.29) is 4.70 Å². The lowest BCUT2D eigenvalue weighted by atomic mass is 10.2. The van der Waals surface area contributed by atoms with E-state index in [2.05, 4.69) is 23.6 Å². The molecular weight excluding hydrogens is 227 g/mol. The van der Waals surface area contributed by atoms with Crippen LogP contribution in [0, 0.1) is 0 Å². The van der Waals surface area contributed by atoms with Gasteiger partial charge in [-0.05, 0) is 12.8 Å². The van der Waals surface area contributed by atoms with E-state index in [1.54, 1.807) is 0 Å². The van der Waals surface area contributed by atoms with E-state index < -0.39 is 11.9 Å². The fourth-order valence-electron chi connectivity index (χ4n) is 1.21. The average molecular weight is 250 g/mol. The SMILES string of the molecule is CCCCCC(=O)OOC(=O)CCCCC.F. The molecule has 0 radical (unpaired) electrons. The predicted octanol–water partition coefficient (Wildman–Crippen LogP) is 3.30. The summed E-state index contributed by atoms with van der Waals surface area (Å²) < 4.78 is 0. The van der Waals surface area contributed by atoms with Gasteiger partial charge in [0.2, 0.25) is 0 Å². The van der Waals surface area contributed by atoms with Crippen LogP contribution in [0.25, 0.3) is 0 Å². The Morgan fingerprint density at radius 2 is 1.12 bits per heavy atom. The van der Waals surface area contributed by atoms with Gasteiger partial charge in [-0.2, -0.15) is 0 Å². The normalized spacial score (nSPS) is 9.29. The lowest BCUT2D eigenvalue weighted by Crippen LogP contribution is -2.10. The summed E-state index contributed by atoms with van der Waals surface area (Å²) in [7, 11) is 0. The highest BCUT2D eigenvalue weighted by molar-refractivity contribution is 5.72. The first kappa shape index (κ1) is 18.2. The molecule has 0 unspecified atom stereocenters. The van der Waals surface area contributed by atoms with Gasteiger partial charge in [-0.1, -0.05) is 39.5 Å². The van der Waals surface area contributed by atoms with Crippen LogP contribution in [0.15, 0.2) is 0 Å². The largest absolute Gasteiger partial charge is 0.355 e. The average Bonchev–Trinajstić information content (AvgIpc) is 2.27. The van der Waals surface area contributed by atoms with Crippen molar-refractivity contribution in [1.29, 1.82) is 0 Å². The smallest absolute Gasteiger partial charge is 0.269 e. The van der Waals surface area contributed by atoms with Gasteiger partial charge in [0.1, 0.15) is 0 Å². The second kappa shape index (κ2) is 12.9. The highest BCUT2D eigenvalue weighted by Gasteiger charge is 2.08. The first-order chi connectivity index (χ1) is 7.70. The minimum atomic E-state index is -0.461. The maximum atomic E-state index is 11.1. The molecule has 0 aliphatic carbocycles. The quantitative estimate of drug-likeness (QED) is 0.377. The Hall–Kier alpha value is -1.13. The monoisotopic (exact) mass is 250 g/mol. The van der Waals surface area contributed by atoms with Crippen molar-refractivity contribution >= 4 is 11.9 Å². The summed E-state index contributed by atoms with van der Waals surface area (Å²) in [5.74, 6) is -0.922. The minimum absolute atomic E-state index is 0. The molecule has 4 nitrogen and oxygen atoms in total. The molecule has 0 N–H and O–H groups in total. The molecule has 0 atom stereocenters. The summed E-state index contributed by atoms with van der Waals surface area (Å²) in [6.45, 7) is 4.11. The summed E-state index contributed by atoms with van der Waals surface area (Å²) in [5.41, 5.74) is 0. The second-order valence-electron chi connectivity index (χ2n) is 3.82. The van der Waals surface area contributed by atoms with Crippen LogP contribution < -0.4 is 0 Å². The molecule has 0 aliphatic heterocycles. The van der Waals surface area contributed by atoms with E-state index in [4.69, 9.17) is 0 Å². The molecule has 0 bridgehead atoms. The van der Waals surface area contributed by atoms with Crippen LogP contribution >= 0.6 is 0 Å². The molecule has 0 fully saturated rings. The number of hydrogen-bond donors (Lipinski definition) is 0. The van der Waals surface area contributed by atoms with Crippen molar-refractivity contribution in [2.75, 3.05) is 0 Å². The Morgan fingerprint density at radius 1 is 0.765 bits per heavy atom. The number of carbonyl (C=O) groups excluding carboxylic acids is 2. The third-order valence-electron chi connectivity index (χ3n) is 2.20. The zero-order chi connectivity index (χ0) is 12.2. The number of halogens is 1. The molecule has 0 saturated carbocycles. The second-order valence-corrected chi connectivity index (χ2v) is 3.82. The van der Waals surface area contributed by atoms with Gasteiger partial charge >= 0.3 is 11.9 Å². The van der Waals surface area contributed by atoms with Crippen LogP contribution in [0.1, 0.15) is 65.2 Å². The third kappa shape index (κ3) is 12.8. The molecule has 0 aliphatic rings. The number of unbranched alkanes of at least 4 members (excludes halogenated alkanes) is 4. The van der Waals surface area contributed by atoms with Crippen molar-refractivity contribution in [3.63, 3.8) is 0 Å². The Bertz CT molecular complexity index is 185. The minimum Gasteiger partial charge on any atom is -0.269 e. The first-order valence-electron chi connectivity index (χ1n) is 6.10. The highest BCUT2D eigenvalue weighted by atomic mass is 19.0. The highest BCUT2D eigenvalue weighted by Crippen LogP contribution is 2.03.